The van der Waals surface area contributed by atoms with E-state index in [0.29, 0.717) is 0 Å². The van der Waals surface area contributed by atoms with Gasteiger partial charge in [-0.1, -0.05) is 28.1 Å². The molecule has 1 saturated heterocycles. The molecule has 0 unspecified atom stereocenters. The van der Waals surface area contributed by atoms with Crippen molar-refractivity contribution >= 4 is 33.2 Å². The smallest absolute Gasteiger partial charge is 0.317 e. The lowest BCUT2D eigenvalue weighted by Crippen LogP contribution is -2.47. The van der Waals surface area contributed by atoms with Gasteiger partial charge in [-0.2, -0.15) is 0 Å². The summed E-state index contributed by atoms with van der Waals surface area (Å²) in [5.41, 5.74) is 1.24. The van der Waals surface area contributed by atoms with Crippen molar-refractivity contribution < 1.29 is 9.90 Å². The fourth-order valence-electron chi connectivity index (χ4n) is 2.78. The van der Waals surface area contributed by atoms with Gasteiger partial charge in [0, 0.05) is 47.0 Å². The molecule has 0 amide bonds. The minimum atomic E-state index is -0.740. The van der Waals surface area contributed by atoms with E-state index < -0.39 is 5.97 Å². The Hall–Kier alpha value is -1.21. The number of nitrogens with zero attached hydrogens (tertiary/aromatic N) is 2. The summed E-state index contributed by atoms with van der Waals surface area (Å²) < 4.78 is 1.10. The fourth-order valence-corrected chi connectivity index (χ4v) is 4.22. The van der Waals surface area contributed by atoms with E-state index >= 15 is 0 Å². The highest BCUT2D eigenvalue weighted by Crippen LogP contribution is 2.30. The maximum Gasteiger partial charge on any atom is 0.317 e. The second-order valence-electron chi connectivity index (χ2n) is 5.72. The Balaban J connectivity index is 1.57. The summed E-state index contributed by atoms with van der Waals surface area (Å²) in [4.78, 5) is 17.8. The molecule has 3 rings (SSSR count). The highest BCUT2D eigenvalue weighted by atomic mass is 79.9. The van der Waals surface area contributed by atoms with E-state index in [-0.39, 0.29) is 6.54 Å². The monoisotopic (exact) mass is 394 g/mol. The SMILES string of the molecule is O=C(O)CN1CCN(Cc2ccc(-c3cccc(Br)c3)s2)CC1. The van der Waals surface area contributed by atoms with Gasteiger partial charge in [-0.3, -0.25) is 14.6 Å². The standard InChI is InChI=1S/C17H19BrN2O2S/c18-14-3-1-2-13(10-14)16-5-4-15(23-16)11-19-6-8-20(9-7-19)12-17(21)22/h1-5,10H,6-9,11-12H2,(H,21,22). The molecule has 0 saturated carbocycles. The molecule has 1 aromatic carbocycles. The largest absolute Gasteiger partial charge is 0.480 e. The summed E-state index contributed by atoms with van der Waals surface area (Å²) in [6, 6.07) is 12.7. The Morgan fingerprint density at radius 3 is 2.57 bits per heavy atom. The van der Waals surface area contributed by atoms with E-state index in [9.17, 15) is 4.79 Å². The van der Waals surface area contributed by atoms with Crippen molar-refractivity contribution in [2.75, 3.05) is 32.7 Å². The lowest BCUT2D eigenvalue weighted by Gasteiger charge is -2.33. The van der Waals surface area contributed by atoms with Gasteiger partial charge < -0.3 is 5.11 Å². The van der Waals surface area contributed by atoms with Gasteiger partial charge in [0.1, 0.15) is 0 Å². The van der Waals surface area contributed by atoms with Gasteiger partial charge in [-0.05, 0) is 29.8 Å². The van der Waals surface area contributed by atoms with E-state index in [4.69, 9.17) is 5.11 Å². The summed E-state index contributed by atoms with van der Waals surface area (Å²) in [6.07, 6.45) is 0. The third-order valence-electron chi connectivity index (χ3n) is 3.97. The average Bonchev–Trinajstić information content (AvgIpc) is 2.97. The lowest BCUT2D eigenvalue weighted by atomic mass is 10.2. The van der Waals surface area contributed by atoms with Gasteiger partial charge in [-0.25, -0.2) is 0 Å². The fraction of sp³-hybridized carbons (Fsp3) is 0.353. The molecule has 0 bridgehead atoms. The second-order valence-corrected chi connectivity index (χ2v) is 7.81. The maximum absolute atomic E-state index is 10.7. The minimum Gasteiger partial charge on any atom is -0.480 e. The lowest BCUT2D eigenvalue weighted by molar-refractivity contribution is -0.138. The van der Waals surface area contributed by atoms with Crippen molar-refractivity contribution in [3.05, 3.63) is 45.7 Å². The molecule has 1 aromatic heterocycles. The molecule has 1 aliphatic heterocycles. The van der Waals surface area contributed by atoms with Crippen molar-refractivity contribution in [3.8, 4) is 10.4 Å². The topological polar surface area (TPSA) is 43.8 Å². The van der Waals surface area contributed by atoms with Crippen LogP contribution in [0.1, 0.15) is 4.88 Å². The zero-order valence-corrected chi connectivity index (χ0v) is 15.1. The molecule has 0 aliphatic carbocycles. The van der Waals surface area contributed by atoms with Gasteiger partial charge >= 0.3 is 5.97 Å². The van der Waals surface area contributed by atoms with Crippen LogP contribution in [0.25, 0.3) is 10.4 Å². The Labute approximate surface area is 148 Å². The molecule has 4 nitrogen and oxygen atoms in total. The van der Waals surface area contributed by atoms with Crippen molar-refractivity contribution in [1.29, 1.82) is 0 Å². The van der Waals surface area contributed by atoms with Crippen LogP contribution < -0.4 is 0 Å². The Kier molecular flexibility index (Phi) is 5.48. The van der Waals surface area contributed by atoms with Crippen LogP contribution >= 0.6 is 27.3 Å². The summed E-state index contributed by atoms with van der Waals surface area (Å²) in [5, 5.41) is 8.84. The molecule has 1 fully saturated rings. The van der Waals surface area contributed by atoms with Gasteiger partial charge in [0.05, 0.1) is 6.54 Å². The zero-order valence-electron chi connectivity index (χ0n) is 12.7. The zero-order chi connectivity index (χ0) is 16.2. The Bertz CT molecular complexity index is 681. The molecule has 0 atom stereocenters. The van der Waals surface area contributed by atoms with Crippen molar-refractivity contribution in [3.63, 3.8) is 0 Å². The molecule has 2 heterocycles. The van der Waals surface area contributed by atoms with E-state index in [1.165, 1.54) is 15.3 Å². The summed E-state index contributed by atoms with van der Waals surface area (Å²) >= 11 is 5.35. The number of carboxylic acid groups (broad SMARTS) is 1. The van der Waals surface area contributed by atoms with Crippen molar-refractivity contribution in [2.24, 2.45) is 0 Å². The highest BCUT2D eigenvalue weighted by Gasteiger charge is 2.19. The first-order valence-electron chi connectivity index (χ1n) is 7.61. The normalized spacial score (nSPS) is 16.6. The number of halogens is 1. The molecule has 23 heavy (non-hydrogen) atoms. The number of carbonyl (C=O) groups is 1. The number of rotatable bonds is 5. The second kappa shape index (κ2) is 7.57. The number of hydrogen-bond acceptors (Lipinski definition) is 4. The van der Waals surface area contributed by atoms with E-state index in [1.54, 1.807) is 0 Å². The van der Waals surface area contributed by atoms with Gasteiger partial charge in [0.25, 0.3) is 0 Å². The Morgan fingerprint density at radius 1 is 1.13 bits per heavy atom. The van der Waals surface area contributed by atoms with Crippen LogP contribution in [0.5, 0.6) is 0 Å². The molecule has 1 N–H and O–H groups in total. The number of aliphatic carboxylic acids is 1. The van der Waals surface area contributed by atoms with E-state index in [0.717, 1.165) is 37.2 Å². The quantitative estimate of drug-likeness (QED) is 0.843. The minimum absolute atomic E-state index is 0.153. The first-order valence-corrected chi connectivity index (χ1v) is 9.22. The van der Waals surface area contributed by atoms with Gasteiger partial charge in [-0.15, -0.1) is 11.3 Å². The van der Waals surface area contributed by atoms with Crippen LogP contribution in [0.2, 0.25) is 0 Å². The molecule has 6 heteroatoms. The Morgan fingerprint density at radius 2 is 1.87 bits per heavy atom. The number of hydrogen-bond donors (Lipinski definition) is 1. The van der Waals surface area contributed by atoms with E-state index in [2.05, 4.69) is 51.2 Å². The molecule has 0 spiro atoms. The number of thiophene rings is 1. The van der Waals surface area contributed by atoms with Crippen LogP contribution in [0.4, 0.5) is 0 Å². The van der Waals surface area contributed by atoms with Crippen LogP contribution in [0.15, 0.2) is 40.9 Å². The molecule has 2 aromatic rings. The first kappa shape index (κ1) is 16.6. The maximum atomic E-state index is 10.7. The van der Waals surface area contributed by atoms with E-state index in [1.807, 2.05) is 22.3 Å². The molecule has 122 valence electrons. The predicted molar refractivity (Wildman–Crippen MR) is 96.8 cm³/mol. The first-order chi connectivity index (χ1) is 11.1. The van der Waals surface area contributed by atoms with Gasteiger partial charge in [0.2, 0.25) is 0 Å². The highest BCUT2D eigenvalue weighted by molar-refractivity contribution is 9.10. The third-order valence-corrected chi connectivity index (χ3v) is 5.59. The van der Waals surface area contributed by atoms with Crippen LogP contribution in [-0.2, 0) is 11.3 Å². The third kappa shape index (κ3) is 4.64. The summed E-state index contributed by atoms with van der Waals surface area (Å²) in [5.74, 6) is -0.740. The van der Waals surface area contributed by atoms with Crippen molar-refractivity contribution in [1.82, 2.24) is 9.80 Å². The molecular formula is C17H19BrN2O2S. The molecular weight excluding hydrogens is 376 g/mol. The average molecular weight is 395 g/mol. The summed E-state index contributed by atoms with van der Waals surface area (Å²) in [7, 11) is 0. The van der Waals surface area contributed by atoms with Crippen LogP contribution in [0, 0.1) is 0 Å². The van der Waals surface area contributed by atoms with Gasteiger partial charge in [0.15, 0.2) is 0 Å². The number of piperazine rings is 1. The summed E-state index contributed by atoms with van der Waals surface area (Å²) in [6.45, 7) is 4.61. The van der Waals surface area contributed by atoms with Crippen LogP contribution in [-0.4, -0.2) is 53.6 Å². The number of benzene rings is 1. The number of carboxylic acids is 1. The van der Waals surface area contributed by atoms with Crippen molar-refractivity contribution in [2.45, 2.75) is 6.54 Å². The van der Waals surface area contributed by atoms with Crippen LogP contribution in [0.3, 0.4) is 0 Å². The molecule has 0 radical (unpaired) electrons. The predicted octanol–water partition coefficient (Wildman–Crippen LogP) is 3.38. The molecule has 1 aliphatic rings.